The quantitative estimate of drug-likeness (QED) is 0.766. The third-order valence-corrected chi connectivity index (χ3v) is 5.08. The Labute approximate surface area is 166 Å². The molecule has 3 rings (SSSR count). The molecule has 28 heavy (non-hydrogen) atoms. The number of benzene rings is 2. The van der Waals surface area contributed by atoms with Gasteiger partial charge in [-0.05, 0) is 24.0 Å². The van der Waals surface area contributed by atoms with Gasteiger partial charge in [0.25, 0.3) is 0 Å². The van der Waals surface area contributed by atoms with Crippen LogP contribution in [0.1, 0.15) is 30.9 Å². The maximum atomic E-state index is 13.1. The van der Waals surface area contributed by atoms with E-state index in [0.717, 1.165) is 30.6 Å². The van der Waals surface area contributed by atoms with Crippen LogP contribution in [0, 0.1) is 0 Å². The first-order valence-corrected chi connectivity index (χ1v) is 9.88. The fourth-order valence-corrected chi connectivity index (χ4v) is 3.54. The van der Waals surface area contributed by atoms with Crippen molar-refractivity contribution < 1.29 is 14.3 Å². The second-order valence-electron chi connectivity index (χ2n) is 7.22. The predicted molar refractivity (Wildman–Crippen MR) is 109 cm³/mol. The number of amides is 2. The molecule has 0 saturated carbocycles. The standard InChI is InChI=1S/C23H28N2O3/c1-18(26)25(17-20-11-6-3-7-12-20)22(15-19-9-4-2-5-10-19)23(27)24-16-21-13-8-14-28-21/h2-7,9-12,21-22H,8,13-17H2,1H3,(H,24,27)/t21-,22-/m1/s1. The minimum absolute atomic E-state index is 0.0706. The van der Waals surface area contributed by atoms with Gasteiger partial charge in [0.15, 0.2) is 0 Å². The van der Waals surface area contributed by atoms with E-state index >= 15 is 0 Å². The number of rotatable bonds is 8. The fourth-order valence-electron chi connectivity index (χ4n) is 3.54. The minimum atomic E-state index is -0.568. The summed E-state index contributed by atoms with van der Waals surface area (Å²) in [4.78, 5) is 27.2. The third-order valence-electron chi connectivity index (χ3n) is 5.08. The molecular formula is C23H28N2O3. The van der Waals surface area contributed by atoms with Crippen LogP contribution < -0.4 is 5.32 Å². The minimum Gasteiger partial charge on any atom is -0.376 e. The predicted octanol–water partition coefficient (Wildman–Crippen LogP) is 2.94. The molecular weight excluding hydrogens is 352 g/mol. The van der Waals surface area contributed by atoms with Crippen molar-refractivity contribution in [1.82, 2.24) is 10.2 Å². The number of ether oxygens (including phenoxy) is 1. The lowest BCUT2D eigenvalue weighted by molar-refractivity contribution is -0.139. The Hall–Kier alpha value is -2.66. The Morgan fingerprint density at radius 3 is 2.29 bits per heavy atom. The smallest absolute Gasteiger partial charge is 0.243 e. The van der Waals surface area contributed by atoms with E-state index in [1.807, 2.05) is 60.7 Å². The van der Waals surface area contributed by atoms with Gasteiger partial charge in [-0.3, -0.25) is 9.59 Å². The molecule has 148 valence electrons. The topological polar surface area (TPSA) is 58.6 Å². The first-order chi connectivity index (χ1) is 13.6. The first kappa shape index (κ1) is 20.1. The average Bonchev–Trinajstić information content (AvgIpc) is 3.24. The molecule has 1 aliphatic heterocycles. The van der Waals surface area contributed by atoms with Crippen molar-refractivity contribution in [1.29, 1.82) is 0 Å². The van der Waals surface area contributed by atoms with Crippen molar-refractivity contribution in [3.63, 3.8) is 0 Å². The summed E-state index contributed by atoms with van der Waals surface area (Å²) in [6.45, 7) is 3.16. The second kappa shape index (κ2) is 10.0. The molecule has 0 spiro atoms. The molecule has 1 heterocycles. The van der Waals surface area contributed by atoms with Gasteiger partial charge in [0.2, 0.25) is 11.8 Å². The van der Waals surface area contributed by atoms with Crippen LogP contribution in [-0.2, 0) is 27.3 Å². The van der Waals surface area contributed by atoms with E-state index in [9.17, 15) is 9.59 Å². The summed E-state index contributed by atoms with van der Waals surface area (Å²) in [5, 5.41) is 3.01. The number of hydrogen-bond acceptors (Lipinski definition) is 3. The van der Waals surface area contributed by atoms with Crippen LogP contribution in [0.2, 0.25) is 0 Å². The highest BCUT2D eigenvalue weighted by Crippen LogP contribution is 2.15. The number of carbonyl (C=O) groups is 2. The summed E-state index contributed by atoms with van der Waals surface area (Å²) in [5.74, 6) is -0.248. The van der Waals surface area contributed by atoms with E-state index in [1.54, 1.807) is 4.90 Å². The van der Waals surface area contributed by atoms with Crippen LogP contribution in [0.15, 0.2) is 60.7 Å². The van der Waals surface area contributed by atoms with E-state index in [1.165, 1.54) is 6.92 Å². The molecule has 2 atom stereocenters. The molecule has 2 amide bonds. The highest BCUT2D eigenvalue weighted by Gasteiger charge is 2.29. The van der Waals surface area contributed by atoms with Crippen LogP contribution in [0.3, 0.4) is 0 Å². The van der Waals surface area contributed by atoms with Gasteiger partial charge in [-0.1, -0.05) is 60.7 Å². The van der Waals surface area contributed by atoms with E-state index in [-0.39, 0.29) is 17.9 Å². The maximum absolute atomic E-state index is 13.1. The fraction of sp³-hybridized carbons (Fsp3) is 0.391. The highest BCUT2D eigenvalue weighted by molar-refractivity contribution is 5.87. The summed E-state index contributed by atoms with van der Waals surface area (Å²) < 4.78 is 5.61. The molecule has 0 aromatic heterocycles. The van der Waals surface area contributed by atoms with Gasteiger partial charge in [0.1, 0.15) is 6.04 Å². The molecule has 2 aromatic rings. The SMILES string of the molecule is CC(=O)N(Cc1ccccc1)[C@H](Cc1ccccc1)C(=O)NC[C@H]1CCCO1. The van der Waals surface area contributed by atoms with Crippen LogP contribution in [0.5, 0.6) is 0 Å². The molecule has 1 aliphatic rings. The Kier molecular flexibility index (Phi) is 7.20. The summed E-state index contributed by atoms with van der Waals surface area (Å²) >= 11 is 0. The largest absolute Gasteiger partial charge is 0.376 e. The first-order valence-electron chi connectivity index (χ1n) is 9.88. The summed E-state index contributed by atoms with van der Waals surface area (Å²) in [7, 11) is 0. The molecule has 0 aliphatic carbocycles. The Morgan fingerprint density at radius 2 is 1.71 bits per heavy atom. The number of nitrogens with zero attached hydrogens (tertiary/aromatic N) is 1. The van der Waals surface area contributed by atoms with Gasteiger partial charge in [0.05, 0.1) is 6.10 Å². The van der Waals surface area contributed by atoms with Crippen molar-refractivity contribution >= 4 is 11.8 Å². The third kappa shape index (κ3) is 5.67. The molecule has 0 bridgehead atoms. The van der Waals surface area contributed by atoms with Crippen molar-refractivity contribution in [2.45, 2.75) is 44.9 Å². The van der Waals surface area contributed by atoms with Crippen molar-refractivity contribution in [3.8, 4) is 0 Å². The van der Waals surface area contributed by atoms with Crippen LogP contribution in [0.4, 0.5) is 0 Å². The molecule has 1 N–H and O–H groups in total. The van der Waals surface area contributed by atoms with E-state index in [0.29, 0.717) is 19.5 Å². The van der Waals surface area contributed by atoms with Gasteiger partial charge in [-0.2, -0.15) is 0 Å². The van der Waals surface area contributed by atoms with Gasteiger partial charge in [0, 0.05) is 33.0 Å². The molecule has 1 saturated heterocycles. The summed E-state index contributed by atoms with van der Waals surface area (Å²) in [5.41, 5.74) is 2.03. The van der Waals surface area contributed by atoms with Gasteiger partial charge < -0.3 is 15.0 Å². The Morgan fingerprint density at radius 1 is 1.07 bits per heavy atom. The lowest BCUT2D eigenvalue weighted by atomic mass is 10.0. The van der Waals surface area contributed by atoms with Crippen molar-refractivity contribution in [2.24, 2.45) is 0 Å². The number of nitrogens with one attached hydrogen (secondary N) is 1. The second-order valence-corrected chi connectivity index (χ2v) is 7.22. The van der Waals surface area contributed by atoms with Crippen LogP contribution in [0.25, 0.3) is 0 Å². The summed E-state index contributed by atoms with van der Waals surface area (Å²) in [6.07, 6.45) is 2.54. The zero-order chi connectivity index (χ0) is 19.8. The molecule has 0 radical (unpaired) electrons. The lowest BCUT2D eigenvalue weighted by Gasteiger charge is -2.31. The molecule has 0 unspecified atom stereocenters. The van der Waals surface area contributed by atoms with Gasteiger partial charge in [-0.15, -0.1) is 0 Å². The van der Waals surface area contributed by atoms with Crippen molar-refractivity contribution in [2.75, 3.05) is 13.2 Å². The molecule has 2 aromatic carbocycles. The van der Waals surface area contributed by atoms with E-state index in [2.05, 4.69) is 5.32 Å². The Bertz CT molecular complexity index is 758. The normalized spacial score (nSPS) is 17.1. The number of hydrogen-bond donors (Lipinski definition) is 1. The van der Waals surface area contributed by atoms with Gasteiger partial charge >= 0.3 is 0 Å². The van der Waals surface area contributed by atoms with E-state index in [4.69, 9.17) is 4.74 Å². The monoisotopic (exact) mass is 380 g/mol. The highest BCUT2D eigenvalue weighted by atomic mass is 16.5. The molecule has 5 heteroatoms. The molecule has 1 fully saturated rings. The zero-order valence-corrected chi connectivity index (χ0v) is 16.3. The summed E-state index contributed by atoms with van der Waals surface area (Å²) in [6, 6.07) is 19.0. The van der Waals surface area contributed by atoms with E-state index < -0.39 is 6.04 Å². The average molecular weight is 380 g/mol. The Balaban J connectivity index is 1.77. The number of carbonyl (C=O) groups excluding carboxylic acids is 2. The lowest BCUT2D eigenvalue weighted by Crippen LogP contribution is -2.51. The van der Waals surface area contributed by atoms with Crippen molar-refractivity contribution in [3.05, 3.63) is 71.8 Å². The molecule has 5 nitrogen and oxygen atoms in total. The zero-order valence-electron chi connectivity index (χ0n) is 16.3. The van der Waals surface area contributed by atoms with Gasteiger partial charge in [-0.25, -0.2) is 0 Å². The van der Waals surface area contributed by atoms with Crippen LogP contribution >= 0.6 is 0 Å². The van der Waals surface area contributed by atoms with Crippen LogP contribution in [-0.4, -0.2) is 42.0 Å². The maximum Gasteiger partial charge on any atom is 0.243 e.